The molecule has 1 unspecified atom stereocenters. The summed E-state index contributed by atoms with van der Waals surface area (Å²) in [5.74, 6) is 1.22. The monoisotopic (exact) mass is 419 g/mol. The number of aliphatic imine (C=N–C) groups is 1. The Kier molecular flexibility index (Phi) is 6.50. The molecule has 2 aliphatic heterocycles. The van der Waals surface area contributed by atoms with Crippen LogP contribution in [0.4, 0.5) is 0 Å². The van der Waals surface area contributed by atoms with Crippen LogP contribution in [0.2, 0.25) is 0 Å². The van der Waals surface area contributed by atoms with Crippen molar-refractivity contribution in [3.05, 3.63) is 71.3 Å². The van der Waals surface area contributed by atoms with E-state index in [1.165, 1.54) is 5.56 Å². The largest absolute Gasteiger partial charge is 0.353 e. The summed E-state index contributed by atoms with van der Waals surface area (Å²) in [5, 5.41) is 6.18. The highest BCUT2D eigenvalue weighted by Gasteiger charge is 2.26. The molecule has 0 saturated carbocycles. The fourth-order valence-electron chi connectivity index (χ4n) is 4.22. The lowest BCUT2D eigenvalue weighted by Crippen LogP contribution is -2.49. The SMILES string of the molecule is CN=C(NCc1ccc(C(=O)N2CCNC(=O)C2)cc1)N1CCC(c2ccccc2)C1. The number of likely N-dealkylation sites (tertiary alicyclic amines) is 1. The van der Waals surface area contributed by atoms with Gasteiger partial charge in [0.15, 0.2) is 5.96 Å². The number of hydrogen-bond acceptors (Lipinski definition) is 3. The Morgan fingerprint density at radius 3 is 2.58 bits per heavy atom. The molecule has 0 spiro atoms. The molecule has 2 N–H and O–H groups in total. The summed E-state index contributed by atoms with van der Waals surface area (Å²) in [6, 6.07) is 18.2. The second-order valence-electron chi connectivity index (χ2n) is 8.02. The average molecular weight is 420 g/mol. The Labute approximate surface area is 183 Å². The van der Waals surface area contributed by atoms with Gasteiger partial charge in [0.2, 0.25) is 5.91 Å². The van der Waals surface area contributed by atoms with Crippen LogP contribution in [0.1, 0.15) is 33.8 Å². The summed E-state index contributed by atoms with van der Waals surface area (Å²) < 4.78 is 0. The molecule has 0 radical (unpaired) electrons. The van der Waals surface area contributed by atoms with Gasteiger partial charge in [-0.05, 0) is 29.7 Å². The van der Waals surface area contributed by atoms with E-state index in [4.69, 9.17) is 0 Å². The minimum absolute atomic E-state index is 0.103. The van der Waals surface area contributed by atoms with E-state index in [0.717, 1.165) is 31.0 Å². The predicted molar refractivity (Wildman–Crippen MR) is 121 cm³/mol. The van der Waals surface area contributed by atoms with Crippen LogP contribution < -0.4 is 10.6 Å². The lowest BCUT2D eigenvalue weighted by Gasteiger charge is -2.26. The zero-order valence-electron chi connectivity index (χ0n) is 17.9. The summed E-state index contributed by atoms with van der Waals surface area (Å²) in [7, 11) is 1.81. The highest BCUT2D eigenvalue weighted by molar-refractivity contribution is 5.97. The maximum atomic E-state index is 12.6. The molecule has 7 nitrogen and oxygen atoms in total. The summed E-state index contributed by atoms with van der Waals surface area (Å²) in [6.45, 7) is 3.76. The average Bonchev–Trinajstić information content (AvgIpc) is 3.30. The van der Waals surface area contributed by atoms with Crippen LogP contribution in [0, 0.1) is 0 Å². The second kappa shape index (κ2) is 9.64. The number of carbonyl (C=O) groups is 2. The molecule has 162 valence electrons. The lowest BCUT2D eigenvalue weighted by molar-refractivity contribution is -0.123. The van der Waals surface area contributed by atoms with Crippen molar-refractivity contribution in [1.82, 2.24) is 20.4 Å². The molecule has 0 aromatic heterocycles. The van der Waals surface area contributed by atoms with Crippen molar-refractivity contribution >= 4 is 17.8 Å². The number of hydrogen-bond donors (Lipinski definition) is 2. The summed E-state index contributed by atoms with van der Waals surface area (Å²) in [5.41, 5.74) is 3.06. The molecular weight excluding hydrogens is 390 g/mol. The zero-order valence-corrected chi connectivity index (χ0v) is 17.9. The Hall–Kier alpha value is -3.35. The van der Waals surface area contributed by atoms with E-state index >= 15 is 0 Å². The maximum absolute atomic E-state index is 12.6. The zero-order chi connectivity index (χ0) is 21.6. The van der Waals surface area contributed by atoms with Crippen LogP contribution in [-0.2, 0) is 11.3 Å². The van der Waals surface area contributed by atoms with Gasteiger partial charge in [-0.1, -0.05) is 42.5 Å². The van der Waals surface area contributed by atoms with Gasteiger partial charge >= 0.3 is 0 Å². The number of rotatable bonds is 4. The Bertz CT molecular complexity index is 942. The molecular formula is C24H29N5O2. The Morgan fingerprint density at radius 2 is 1.87 bits per heavy atom. The number of amides is 2. The van der Waals surface area contributed by atoms with Crippen LogP contribution >= 0.6 is 0 Å². The topological polar surface area (TPSA) is 77.0 Å². The molecule has 2 saturated heterocycles. The third-order valence-electron chi connectivity index (χ3n) is 5.95. The quantitative estimate of drug-likeness (QED) is 0.586. The standard InChI is InChI=1S/C24H29N5O2/c1-25-24(29-13-11-21(16-29)19-5-3-2-4-6-19)27-15-18-7-9-20(10-8-18)23(31)28-14-12-26-22(30)17-28/h2-10,21H,11-17H2,1H3,(H,25,27)(H,26,30). The van der Waals surface area contributed by atoms with E-state index < -0.39 is 0 Å². The first-order valence-electron chi connectivity index (χ1n) is 10.8. The minimum Gasteiger partial charge on any atom is -0.353 e. The normalized spacial score (nSPS) is 19.3. The fraction of sp³-hybridized carbons (Fsp3) is 0.375. The van der Waals surface area contributed by atoms with Crippen molar-refractivity contribution in [3.8, 4) is 0 Å². The molecule has 0 aliphatic carbocycles. The molecule has 2 aliphatic rings. The van der Waals surface area contributed by atoms with E-state index in [1.54, 1.807) is 4.90 Å². The van der Waals surface area contributed by atoms with Gasteiger partial charge in [0.1, 0.15) is 0 Å². The first kappa shape index (κ1) is 20.9. The highest BCUT2D eigenvalue weighted by Crippen LogP contribution is 2.26. The van der Waals surface area contributed by atoms with Crippen LogP contribution in [0.15, 0.2) is 59.6 Å². The fourth-order valence-corrected chi connectivity index (χ4v) is 4.22. The van der Waals surface area contributed by atoms with Crippen molar-refractivity contribution in [1.29, 1.82) is 0 Å². The van der Waals surface area contributed by atoms with Gasteiger partial charge in [-0.3, -0.25) is 14.6 Å². The number of guanidine groups is 1. The van der Waals surface area contributed by atoms with Crippen molar-refractivity contribution in [3.63, 3.8) is 0 Å². The van der Waals surface area contributed by atoms with Gasteiger partial charge in [-0.25, -0.2) is 0 Å². The van der Waals surface area contributed by atoms with Gasteiger partial charge in [0, 0.05) is 51.3 Å². The van der Waals surface area contributed by atoms with E-state index in [9.17, 15) is 9.59 Å². The first-order valence-corrected chi connectivity index (χ1v) is 10.8. The Balaban J connectivity index is 1.31. The molecule has 2 amide bonds. The molecule has 1 atom stereocenters. The van der Waals surface area contributed by atoms with E-state index in [1.807, 2.05) is 31.3 Å². The van der Waals surface area contributed by atoms with Crippen molar-refractivity contribution in [2.45, 2.75) is 18.9 Å². The van der Waals surface area contributed by atoms with Gasteiger partial charge in [0.25, 0.3) is 5.91 Å². The summed E-state index contributed by atoms with van der Waals surface area (Å²) in [4.78, 5) is 32.5. The van der Waals surface area contributed by atoms with Crippen molar-refractivity contribution in [2.75, 3.05) is 39.8 Å². The molecule has 2 aromatic carbocycles. The number of piperazine rings is 1. The number of carbonyl (C=O) groups excluding carboxylic acids is 2. The lowest BCUT2D eigenvalue weighted by atomic mass is 9.99. The van der Waals surface area contributed by atoms with Gasteiger partial charge in [-0.15, -0.1) is 0 Å². The first-order chi connectivity index (χ1) is 15.1. The van der Waals surface area contributed by atoms with Crippen molar-refractivity contribution < 1.29 is 9.59 Å². The molecule has 0 bridgehead atoms. The molecule has 2 aromatic rings. The molecule has 31 heavy (non-hydrogen) atoms. The van der Waals surface area contributed by atoms with Gasteiger partial charge < -0.3 is 20.4 Å². The summed E-state index contributed by atoms with van der Waals surface area (Å²) >= 11 is 0. The van der Waals surface area contributed by atoms with Crippen LogP contribution in [0.5, 0.6) is 0 Å². The van der Waals surface area contributed by atoms with E-state index in [2.05, 4.69) is 50.9 Å². The molecule has 2 heterocycles. The third kappa shape index (κ3) is 5.05. The minimum atomic E-state index is -0.108. The Morgan fingerprint density at radius 1 is 1.10 bits per heavy atom. The third-order valence-corrected chi connectivity index (χ3v) is 5.95. The number of benzene rings is 2. The number of nitrogens with zero attached hydrogens (tertiary/aromatic N) is 3. The second-order valence-corrected chi connectivity index (χ2v) is 8.02. The van der Waals surface area contributed by atoms with Gasteiger partial charge in [-0.2, -0.15) is 0 Å². The summed E-state index contributed by atoms with van der Waals surface area (Å²) in [6.07, 6.45) is 1.12. The van der Waals surface area contributed by atoms with E-state index in [-0.39, 0.29) is 18.4 Å². The molecule has 7 heteroatoms. The van der Waals surface area contributed by atoms with Crippen LogP contribution in [0.3, 0.4) is 0 Å². The predicted octanol–water partition coefficient (Wildman–Crippen LogP) is 1.82. The van der Waals surface area contributed by atoms with Gasteiger partial charge in [0.05, 0.1) is 6.54 Å². The maximum Gasteiger partial charge on any atom is 0.254 e. The van der Waals surface area contributed by atoms with Crippen LogP contribution in [0.25, 0.3) is 0 Å². The van der Waals surface area contributed by atoms with Crippen molar-refractivity contribution in [2.24, 2.45) is 4.99 Å². The van der Waals surface area contributed by atoms with E-state index in [0.29, 0.717) is 31.1 Å². The molecule has 4 rings (SSSR count). The smallest absolute Gasteiger partial charge is 0.254 e. The number of nitrogens with one attached hydrogen (secondary N) is 2. The highest BCUT2D eigenvalue weighted by atomic mass is 16.2. The molecule has 2 fully saturated rings. The van der Waals surface area contributed by atoms with Crippen LogP contribution in [-0.4, -0.2) is 67.3 Å².